The van der Waals surface area contributed by atoms with Crippen LogP contribution in [-0.2, 0) is 13.0 Å². The van der Waals surface area contributed by atoms with E-state index in [4.69, 9.17) is 0 Å². The van der Waals surface area contributed by atoms with Crippen molar-refractivity contribution in [1.29, 1.82) is 0 Å². The molecular weight excluding hydrogens is 278 g/mol. The Labute approximate surface area is 127 Å². The van der Waals surface area contributed by atoms with Crippen LogP contribution < -0.4 is 0 Å². The van der Waals surface area contributed by atoms with Crippen molar-refractivity contribution >= 4 is 11.4 Å². The molecule has 2 aromatic heterocycles. The minimum atomic E-state index is -0.114. The zero-order valence-electron chi connectivity index (χ0n) is 12.0. The normalized spacial score (nSPS) is 14.3. The number of rotatable bonds is 2. The zero-order chi connectivity index (χ0) is 15.1. The summed E-state index contributed by atoms with van der Waals surface area (Å²) < 4.78 is 1.68. The molecule has 1 aromatic carbocycles. The van der Waals surface area contributed by atoms with Gasteiger partial charge in [-0.25, -0.2) is 9.50 Å². The van der Waals surface area contributed by atoms with Gasteiger partial charge >= 0.3 is 0 Å². The Balaban J connectivity index is 2.13. The van der Waals surface area contributed by atoms with Gasteiger partial charge < -0.3 is 5.11 Å². The molecule has 2 heterocycles. The number of fused-ring (bicyclic) bond motifs is 2. The van der Waals surface area contributed by atoms with E-state index in [1.54, 1.807) is 10.7 Å². The standard InChI is InChI=1S/C17H15N3O2/c21-10-12-9-18-20-16(11-5-2-1-3-6-11)15-13(19-17(12)20)7-4-8-14(15)22/h1-3,5-6,9,21H,4,7-8,10H2. The molecule has 0 spiro atoms. The zero-order valence-corrected chi connectivity index (χ0v) is 12.0. The van der Waals surface area contributed by atoms with Crippen molar-refractivity contribution in [3.63, 3.8) is 0 Å². The highest BCUT2D eigenvalue weighted by atomic mass is 16.3. The summed E-state index contributed by atoms with van der Waals surface area (Å²) in [5.41, 5.74) is 4.53. The highest BCUT2D eigenvalue weighted by Crippen LogP contribution is 2.31. The lowest BCUT2D eigenvalue weighted by molar-refractivity contribution is 0.0971. The Morgan fingerprint density at radius 2 is 2.00 bits per heavy atom. The molecule has 0 saturated heterocycles. The van der Waals surface area contributed by atoms with Gasteiger partial charge in [-0.05, 0) is 12.8 Å². The number of carbonyl (C=O) groups excluding carboxylic acids is 1. The van der Waals surface area contributed by atoms with Gasteiger partial charge in [0.25, 0.3) is 0 Å². The largest absolute Gasteiger partial charge is 0.391 e. The summed E-state index contributed by atoms with van der Waals surface area (Å²) in [4.78, 5) is 17.1. The highest BCUT2D eigenvalue weighted by molar-refractivity contribution is 6.03. The molecule has 0 saturated carbocycles. The molecule has 1 N–H and O–H groups in total. The summed E-state index contributed by atoms with van der Waals surface area (Å²) in [6, 6.07) is 9.77. The van der Waals surface area contributed by atoms with Crippen molar-refractivity contribution in [1.82, 2.24) is 14.6 Å². The van der Waals surface area contributed by atoms with Gasteiger partial charge in [0.2, 0.25) is 0 Å². The number of ketones is 1. The maximum atomic E-state index is 12.5. The average Bonchev–Trinajstić information content (AvgIpc) is 2.96. The Morgan fingerprint density at radius 1 is 1.18 bits per heavy atom. The summed E-state index contributed by atoms with van der Waals surface area (Å²) in [6.07, 6.45) is 3.78. The number of aliphatic hydroxyl groups excluding tert-OH is 1. The van der Waals surface area contributed by atoms with E-state index in [-0.39, 0.29) is 12.4 Å². The summed E-state index contributed by atoms with van der Waals surface area (Å²) in [7, 11) is 0. The fourth-order valence-electron chi connectivity index (χ4n) is 3.07. The van der Waals surface area contributed by atoms with Gasteiger partial charge in [0.15, 0.2) is 11.4 Å². The van der Waals surface area contributed by atoms with Crippen molar-refractivity contribution in [2.24, 2.45) is 0 Å². The lowest BCUT2D eigenvalue weighted by Crippen LogP contribution is -2.17. The molecule has 110 valence electrons. The summed E-state index contributed by atoms with van der Waals surface area (Å²) in [6.45, 7) is -0.114. The predicted octanol–water partition coefficient (Wildman–Crippen LogP) is 2.41. The molecule has 0 amide bonds. The van der Waals surface area contributed by atoms with Gasteiger partial charge in [-0.15, -0.1) is 0 Å². The number of Topliss-reactive ketones (excluding diaryl/α,β-unsaturated/α-hetero) is 1. The molecule has 1 aliphatic carbocycles. The predicted molar refractivity (Wildman–Crippen MR) is 81.6 cm³/mol. The van der Waals surface area contributed by atoms with Crippen LogP contribution in [0.15, 0.2) is 36.5 Å². The lowest BCUT2D eigenvalue weighted by atomic mass is 9.91. The first-order chi connectivity index (χ1) is 10.8. The number of nitrogens with zero attached hydrogens (tertiary/aromatic N) is 3. The third-order valence-electron chi connectivity index (χ3n) is 4.11. The number of hydrogen-bond donors (Lipinski definition) is 1. The molecule has 0 aliphatic heterocycles. The van der Waals surface area contributed by atoms with E-state index >= 15 is 0 Å². The van der Waals surface area contributed by atoms with Crippen molar-refractivity contribution in [2.75, 3.05) is 0 Å². The van der Waals surface area contributed by atoms with Crippen molar-refractivity contribution in [2.45, 2.75) is 25.9 Å². The van der Waals surface area contributed by atoms with Crippen LogP contribution in [-0.4, -0.2) is 25.5 Å². The SMILES string of the molecule is O=C1CCCc2nc3c(CO)cnn3c(-c3ccccc3)c21. The molecule has 1 aliphatic rings. The number of hydrogen-bond acceptors (Lipinski definition) is 4. The Bertz CT molecular complexity index is 868. The molecule has 0 unspecified atom stereocenters. The Morgan fingerprint density at radius 3 is 2.77 bits per heavy atom. The van der Waals surface area contributed by atoms with Crippen molar-refractivity contribution in [3.05, 3.63) is 53.3 Å². The van der Waals surface area contributed by atoms with Gasteiger partial charge in [0, 0.05) is 17.5 Å². The van der Waals surface area contributed by atoms with E-state index in [1.165, 1.54) is 0 Å². The maximum Gasteiger partial charge on any atom is 0.166 e. The molecule has 0 atom stereocenters. The summed E-state index contributed by atoms with van der Waals surface area (Å²) in [5, 5.41) is 13.8. The summed E-state index contributed by atoms with van der Waals surface area (Å²) >= 11 is 0. The van der Waals surface area contributed by atoms with E-state index < -0.39 is 0 Å². The topological polar surface area (TPSA) is 67.5 Å². The molecule has 5 heteroatoms. The third-order valence-corrected chi connectivity index (χ3v) is 4.11. The number of carbonyl (C=O) groups is 1. The second kappa shape index (κ2) is 5.03. The second-order valence-electron chi connectivity index (χ2n) is 5.49. The van der Waals surface area contributed by atoms with Gasteiger partial charge in [-0.1, -0.05) is 30.3 Å². The summed E-state index contributed by atoms with van der Waals surface area (Å²) in [5.74, 6) is 0.121. The molecular formula is C17H15N3O2. The van der Waals surface area contributed by atoms with Gasteiger partial charge in [0.1, 0.15) is 0 Å². The number of benzene rings is 1. The Hall–Kier alpha value is -2.53. The van der Waals surface area contributed by atoms with Crippen LogP contribution in [0.3, 0.4) is 0 Å². The number of aliphatic hydroxyl groups is 1. The van der Waals surface area contributed by atoms with E-state index in [2.05, 4.69) is 10.1 Å². The molecule has 4 rings (SSSR count). The average molecular weight is 293 g/mol. The van der Waals surface area contributed by atoms with Crippen LogP contribution in [0.4, 0.5) is 0 Å². The molecule has 0 fully saturated rings. The van der Waals surface area contributed by atoms with E-state index in [1.807, 2.05) is 30.3 Å². The Kier molecular flexibility index (Phi) is 3.01. The first-order valence-corrected chi connectivity index (χ1v) is 7.38. The lowest BCUT2D eigenvalue weighted by Gasteiger charge is -2.19. The highest BCUT2D eigenvalue weighted by Gasteiger charge is 2.26. The van der Waals surface area contributed by atoms with Crippen LogP contribution in [0.25, 0.3) is 16.9 Å². The van der Waals surface area contributed by atoms with Crippen LogP contribution in [0.1, 0.15) is 34.5 Å². The van der Waals surface area contributed by atoms with Crippen LogP contribution in [0, 0.1) is 0 Å². The first kappa shape index (κ1) is 13.2. The van der Waals surface area contributed by atoms with Gasteiger partial charge in [0.05, 0.1) is 29.8 Å². The minimum absolute atomic E-state index is 0.114. The fourth-order valence-corrected chi connectivity index (χ4v) is 3.07. The molecule has 3 aromatic rings. The molecule has 0 radical (unpaired) electrons. The van der Waals surface area contributed by atoms with Crippen LogP contribution in [0.2, 0.25) is 0 Å². The maximum absolute atomic E-state index is 12.5. The van der Waals surface area contributed by atoms with Crippen LogP contribution >= 0.6 is 0 Å². The molecule has 0 bridgehead atoms. The van der Waals surface area contributed by atoms with Crippen LogP contribution in [0.5, 0.6) is 0 Å². The second-order valence-corrected chi connectivity index (χ2v) is 5.49. The molecule has 5 nitrogen and oxygen atoms in total. The van der Waals surface area contributed by atoms with E-state index in [0.717, 1.165) is 29.8 Å². The third kappa shape index (κ3) is 1.86. The number of aromatic nitrogens is 3. The van der Waals surface area contributed by atoms with E-state index in [0.29, 0.717) is 23.2 Å². The minimum Gasteiger partial charge on any atom is -0.391 e. The number of aryl methyl sites for hydroxylation is 1. The van der Waals surface area contributed by atoms with Crippen molar-refractivity contribution < 1.29 is 9.90 Å². The first-order valence-electron chi connectivity index (χ1n) is 7.38. The van der Waals surface area contributed by atoms with Gasteiger partial charge in [-0.3, -0.25) is 4.79 Å². The van der Waals surface area contributed by atoms with Crippen molar-refractivity contribution in [3.8, 4) is 11.3 Å². The fraction of sp³-hybridized carbons (Fsp3) is 0.235. The smallest absolute Gasteiger partial charge is 0.166 e. The molecule has 22 heavy (non-hydrogen) atoms. The van der Waals surface area contributed by atoms with E-state index in [9.17, 15) is 9.90 Å². The quantitative estimate of drug-likeness (QED) is 0.788. The van der Waals surface area contributed by atoms with Gasteiger partial charge in [-0.2, -0.15) is 5.10 Å². The monoisotopic (exact) mass is 293 g/mol.